The average Bonchev–Trinajstić information content (AvgIpc) is 2.55. The van der Waals surface area contributed by atoms with Gasteiger partial charge in [-0.25, -0.2) is 4.39 Å². The van der Waals surface area contributed by atoms with E-state index in [0.29, 0.717) is 12.2 Å². The number of benzene rings is 1. The van der Waals surface area contributed by atoms with Crippen molar-refractivity contribution in [2.24, 2.45) is 0 Å². The summed E-state index contributed by atoms with van der Waals surface area (Å²) in [7, 11) is 0. The third-order valence-electron chi connectivity index (χ3n) is 2.74. The van der Waals surface area contributed by atoms with Crippen molar-refractivity contribution < 1.29 is 9.18 Å². The highest BCUT2D eigenvalue weighted by atomic mass is 19.1. The summed E-state index contributed by atoms with van der Waals surface area (Å²) < 4.78 is 13.2. The third kappa shape index (κ3) is 1.87. The molecule has 4 nitrogen and oxygen atoms in total. The molecule has 0 bridgehead atoms. The molecule has 0 fully saturated rings. The number of likely N-dealkylation sites (N-methyl/N-ethyl adjacent to an activating group) is 1. The number of nitriles is 1. The number of hydrogen-bond donors (Lipinski definition) is 1. The maximum atomic E-state index is 13.2. The maximum absolute atomic E-state index is 13.2. The van der Waals surface area contributed by atoms with Crippen LogP contribution >= 0.6 is 0 Å². The second-order valence-corrected chi connectivity index (χ2v) is 3.78. The summed E-state index contributed by atoms with van der Waals surface area (Å²) in [4.78, 5) is 13.4. The van der Waals surface area contributed by atoms with Crippen LogP contribution in [0.3, 0.4) is 0 Å². The maximum Gasteiger partial charge on any atom is 0.249 e. The Bertz CT molecular complexity index is 495. The van der Waals surface area contributed by atoms with Crippen molar-refractivity contribution in [3.05, 3.63) is 29.6 Å². The van der Waals surface area contributed by atoms with Gasteiger partial charge in [0.25, 0.3) is 0 Å². The first-order valence-corrected chi connectivity index (χ1v) is 5.40. The van der Waals surface area contributed by atoms with Crippen LogP contribution in [0.4, 0.5) is 10.1 Å². The molecule has 1 aliphatic rings. The van der Waals surface area contributed by atoms with E-state index in [9.17, 15) is 9.18 Å². The highest BCUT2D eigenvalue weighted by molar-refractivity contribution is 6.04. The first-order valence-electron chi connectivity index (χ1n) is 5.40. The van der Waals surface area contributed by atoms with Gasteiger partial charge in [0.1, 0.15) is 18.4 Å². The van der Waals surface area contributed by atoms with Gasteiger partial charge in [0, 0.05) is 5.56 Å². The number of anilines is 1. The molecule has 1 aromatic carbocycles. The van der Waals surface area contributed by atoms with Crippen LogP contribution in [-0.2, 0) is 4.79 Å². The highest BCUT2D eigenvalue weighted by Crippen LogP contribution is 2.35. The molecular formula is C12H12FN3O. The molecule has 1 atom stereocenters. The van der Waals surface area contributed by atoms with Gasteiger partial charge in [-0.2, -0.15) is 5.26 Å². The molecule has 1 N–H and O–H groups in total. The Labute approximate surface area is 98.6 Å². The second kappa shape index (κ2) is 4.52. The SMILES string of the molecule is CCNC1C(=O)N(CC#N)c2cc(F)ccc21. The second-order valence-electron chi connectivity index (χ2n) is 3.78. The number of hydrogen-bond acceptors (Lipinski definition) is 3. The number of amides is 1. The number of nitrogens with one attached hydrogen (secondary N) is 1. The van der Waals surface area contributed by atoms with Crippen molar-refractivity contribution in [2.75, 3.05) is 18.0 Å². The molecule has 1 heterocycles. The molecule has 1 aliphatic heterocycles. The van der Waals surface area contributed by atoms with Gasteiger partial charge in [0.05, 0.1) is 11.8 Å². The average molecular weight is 233 g/mol. The van der Waals surface area contributed by atoms with Crippen molar-refractivity contribution in [1.29, 1.82) is 5.26 Å². The summed E-state index contributed by atoms with van der Waals surface area (Å²) in [5.74, 6) is -0.606. The molecule has 0 saturated carbocycles. The monoisotopic (exact) mass is 233 g/mol. The molecule has 0 spiro atoms. The Morgan fingerprint density at radius 1 is 1.59 bits per heavy atom. The summed E-state index contributed by atoms with van der Waals surface area (Å²) in [5, 5.41) is 11.7. The van der Waals surface area contributed by atoms with Gasteiger partial charge in [-0.1, -0.05) is 13.0 Å². The standard InChI is InChI=1S/C12H12FN3O/c1-2-15-11-9-4-3-8(13)7-10(9)16(6-5-14)12(11)17/h3-4,7,11,15H,2,6H2,1H3. The fourth-order valence-corrected chi connectivity index (χ4v) is 2.04. The van der Waals surface area contributed by atoms with E-state index >= 15 is 0 Å². The Hall–Kier alpha value is -1.93. The van der Waals surface area contributed by atoms with Gasteiger partial charge in [-0.3, -0.25) is 9.69 Å². The smallest absolute Gasteiger partial charge is 0.249 e. The minimum absolute atomic E-state index is 0.0584. The normalized spacial score (nSPS) is 18.1. The largest absolute Gasteiger partial charge is 0.302 e. The molecule has 0 radical (unpaired) electrons. The van der Waals surface area contributed by atoms with E-state index in [-0.39, 0.29) is 12.5 Å². The molecule has 5 heteroatoms. The number of halogens is 1. The zero-order chi connectivity index (χ0) is 12.4. The van der Waals surface area contributed by atoms with Crippen LogP contribution in [0.2, 0.25) is 0 Å². The molecular weight excluding hydrogens is 221 g/mol. The first-order chi connectivity index (χ1) is 8.19. The third-order valence-corrected chi connectivity index (χ3v) is 2.74. The fraction of sp³-hybridized carbons (Fsp3) is 0.333. The summed E-state index contributed by atoms with van der Waals surface area (Å²) in [5.41, 5.74) is 1.22. The Morgan fingerprint density at radius 2 is 2.35 bits per heavy atom. The van der Waals surface area contributed by atoms with E-state index in [1.54, 1.807) is 6.07 Å². The van der Waals surface area contributed by atoms with Crippen LogP contribution < -0.4 is 10.2 Å². The molecule has 17 heavy (non-hydrogen) atoms. The van der Waals surface area contributed by atoms with E-state index in [1.807, 2.05) is 13.0 Å². The summed E-state index contributed by atoms with van der Waals surface area (Å²) in [6.07, 6.45) is 0. The predicted octanol–water partition coefficient (Wildman–Crippen LogP) is 1.35. The van der Waals surface area contributed by atoms with Crippen LogP contribution in [-0.4, -0.2) is 19.0 Å². The molecule has 2 rings (SSSR count). The lowest BCUT2D eigenvalue weighted by Gasteiger charge is -2.13. The van der Waals surface area contributed by atoms with Gasteiger partial charge < -0.3 is 5.32 Å². The van der Waals surface area contributed by atoms with Gasteiger partial charge >= 0.3 is 0 Å². The molecule has 0 aromatic heterocycles. The summed E-state index contributed by atoms with van der Waals surface area (Å²) in [6, 6.07) is 5.66. The molecule has 0 saturated heterocycles. The van der Waals surface area contributed by atoms with Crippen LogP contribution in [0, 0.1) is 17.1 Å². The lowest BCUT2D eigenvalue weighted by molar-refractivity contribution is -0.119. The Kier molecular flexibility index (Phi) is 3.07. The Morgan fingerprint density at radius 3 is 3.00 bits per heavy atom. The fourth-order valence-electron chi connectivity index (χ4n) is 2.04. The molecule has 88 valence electrons. The van der Waals surface area contributed by atoms with Crippen molar-refractivity contribution in [1.82, 2.24) is 5.32 Å². The van der Waals surface area contributed by atoms with Crippen LogP contribution in [0.1, 0.15) is 18.5 Å². The van der Waals surface area contributed by atoms with Crippen molar-refractivity contribution >= 4 is 11.6 Å². The quantitative estimate of drug-likeness (QED) is 0.802. The van der Waals surface area contributed by atoms with Crippen molar-refractivity contribution in [3.63, 3.8) is 0 Å². The van der Waals surface area contributed by atoms with E-state index < -0.39 is 11.9 Å². The van der Waals surface area contributed by atoms with Gasteiger partial charge in [-0.05, 0) is 18.7 Å². The minimum Gasteiger partial charge on any atom is -0.302 e. The van der Waals surface area contributed by atoms with Crippen LogP contribution in [0.5, 0.6) is 0 Å². The summed E-state index contributed by atoms with van der Waals surface area (Å²) in [6.45, 7) is 2.47. The van der Waals surface area contributed by atoms with Gasteiger partial charge in [-0.15, -0.1) is 0 Å². The minimum atomic E-state index is -0.469. The first kappa shape index (κ1) is 11.6. The lowest BCUT2D eigenvalue weighted by Crippen LogP contribution is -2.34. The number of carbonyl (C=O) groups excluding carboxylic acids is 1. The van der Waals surface area contributed by atoms with Gasteiger partial charge in [0.15, 0.2) is 0 Å². The molecule has 0 aliphatic carbocycles. The number of nitrogens with zero attached hydrogens (tertiary/aromatic N) is 2. The van der Waals surface area contributed by atoms with E-state index in [2.05, 4.69) is 5.32 Å². The van der Waals surface area contributed by atoms with Crippen LogP contribution in [0.25, 0.3) is 0 Å². The zero-order valence-corrected chi connectivity index (χ0v) is 9.40. The Balaban J connectivity index is 2.46. The number of carbonyl (C=O) groups is 1. The van der Waals surface area contributed by atoms with Crippen LogP contribution in [0.15, 0.2) is 18.2 Å². The van der Waals surface area contributed by atoms with E-state index in [0.717, 1.165) is 5.56 Å². The topological polar surface area (TPSA) is 56.1 Å². The predicted molar refractivity (Wildman–Crippen MR) is 60.8 cm³/mol. The van der Waals surface area contributed by atoms with E-state index in [4.69, 9.17) is 5.26 Å². The highest BCUT2D eigenvalue weighted by Gasteiger charge is 2.36. The number of fused-ring (bicyclic) bond motifs is 1. The van der Waals surface area contributed by atoms with Crippen molar-refractivity contribution in [3.8, 4) is 6.07 Å². The van der Waals surface area contributed by atoms with Gasteiger partial charge in [0.2, 0.25) is 5.91 Å². The molecule has 1 aromatic rings. The zero-order valence-electron chi connectivity index (χ0n) is 9.40. The molecule has 1 amide bonds. The summed E-state index contributed by atoms with van der Waals surface area (Å²) >= 11 is 0. The van der Waals surface area contributed by atoms with Crippen molar-refractivity contribution in [2.45, 2.75) is 13.0 Å². The molecule has 1 unspecified atom stereocenters. The number of rotatable bonds is 3. The van der Waals surface area contributed by atoms with E-state index in [1.165, 1.54) is 17.0 Å². The lowest BCUT2D eigenvalue weighted by atomic mass is 10.1.